The smallest absolute Gasteiger partial charge is 0.405 e. The Morgan fingerprint density at radius 2 is 1.82 bits per heavy atom. The molecule has 1 saturated carbocycles. The van der Waals surface area contributed by atoms with Crippen LogP contribution in [-0.2, 0) is 11.3 Å². The Bertz CT molecular complexity index is 1120. The lowest BCUT2D eigenvalue weighted by Gasteiger charge is -2.30. The summed E-state index contributed by atoms with van der Waals surface area (Å²) in [6.07, 6.45) is -0.00365. The molecular weight excluding hydrogens is 505 g/mol. The van der Waals surface area contributed by atoms with Crippen molar-refractivity contribution in [1.29, 1.82) is 0 Å². The largest absolute Gasteiger partial charge is 0.573 e. The van der Waals surface area contributed by atoms with Crippen LogP contribution in [0.3, 0.4) is 0 Å². The highest BCUT2D eigenvalue weighted by molar-refractivity contribution is 5.76. The number of amides is 1. The summed E-state index contributed by atoms with van der Waals surface area (Å²) >= 11 is 0. The van der Waals surface area contributed by atoms with Crippen molar-refractivity contribution in [1.82, 2.24) is 15.3 Å². The Hall–Kier alpha value is -3.64. The number of hydrogen-bond donors (Lipinski definition) is 3. The number of carbonyl (C=O) groups excluding carboxylic acids is 1. The van der Waals surface area contributed by atoms with E-state index in [-0.39, 0.29) is 58.6 Å². The van der Waals surface area contributed by atoms with Crippen LogP contribution in [0.5, 0.6) is 5.75 Å². The molecule has 1 aliphatic rings. The van der Waals surface area contributed by atoms with Gasteiger partial charge < -0.3 is 20.7 Å². The number of aromatic nitrogens is 2. The predicted octanol–water partition coefficient (Wildman–Crippen LogP) is 5.42. The van der Waals surface area contributed by atoms with Crippen LogP contribution in [0.2, 0.25) is 0 Å². The summed E-state index contributed by atoms with van der Waals surface area (Å²) in [5.41, 5.74) is -0.169. The van der Waals surface area contributed by atoms with Crippen molar-refractivity contribution in [2.24, 2.45) is 11.3 Å². The molecule has 13 heteroatoms. The first kappa shape index (κ1) is 28.9. The highest BCUT2D eigenvalue weighted by Gasteiger charge is 2.32. The standard InChI is InChI=1S/C25H33F3N6O4/c1-24(2,3)12-21(35)32-18-10-8-16(9-11-18)13-29-22-19(34(36)37)15-31-23(33-22)30-14-17-6-4-5-7-20(17)38-25(26,27)28/h4-7,15-16,18H,8-14H2,1-3H3,(H,32,35)(H2,29,30,31,33). The molecule has 10 nitrogen and oxygen atoms in total. The van der Waals surface area contributed by atoms with Gasteiger partial charge in [-0.25, -0.2) is 4.98 Å². The molecule has 1 aromatic heterocycles. The molecule has 38 heavy (non-hydrogen) atoms. The predicted molar refractivity (Wildman–Crippen MR) is 136 cm³/mol. The molecule has 1 aromatic carbocycles. The van der Waals surface area contributed by atoms with E-state index in [4.69, 9.17) is 0 Å². The van der Waals surface area contributed by atoms with Crippen LogP contribution in [0.1, 0.15) is 58.4 Å². The number of anilines is 2. The zero-order chi connectivity index (χ0) is 27.9. The molecular formula is C25H33F3N6O4. The molecule has 0 saturated heterocycles. The van der Waals surface area contributed by atoms with Gasteiger partial charge in [-0.15, -0.1) is 13.2 Å². The topological polar surface area (TPSA) is 131 Å². The van der Waals surface area contributed by atoms with Crippen LogP contribution in [0.4, 0.5) is 30.6 Å². The van der Waals surface area contributed by atoms with Crippen molar-refractivity contribution in [3.63, 3.8) is 0 Å². The van der Waals surface area contributed by atoms with Gasteiger partial charge in [0.25, 0.3) is 0 Å². The highest BCUT2D eigenvalue weighted by Crippen LogP contribution is 2.29. The Morgan fingerprint density at radius 1 is 1.13 bits per heavy atom. The van der Waals surface area contributed by atoms with Crippen molar-refractivity contribution >= 4 is 23.4 Å². The van der Waals surface area contributed by atoms with Crippen LogP contribution in [0, 0.1) is 21.4 Å². The van der Waals surface area contributed by atoms with Gasteiger partial charge in [0, 0.05) is 31.1 Å². The van der Waals surface area contributed by atoms with E-state index in [1.165, 1.54) is 18.2 Å². The fourth-order valence-corrected chi connectivity index (χ4v) is 4.29. The summed E-state index contributed by atoms with van der Waals surface area (Å²) in [7, 11) is 0. The number of alkyl halides is 3. The fourth-order valence-electron chi connectivity index (χ4n) is 4.29. The van der Waals surface area contributed by atoms with Crippen molar-refractivity contribution in [2.75, 3.05) is 17.2 Å². The number of para-hydroxylation sites is 1. The summed E-state index contributed by atoms with van der Waals surface area (Å²) in [5.74, 6) is -0.0393. The van der Waals surface area contributed by atoms with Gasteiger partial charge in [0.2, 0.25) is 17.7 Å². The van der Waals surface area contributed by atoms with Crippen molar-refractivity contribution in [2.45, 2.75) is 71.8 Å². The maximum absolute atomic E-state index is 12.7. The van der Waals surface area contributed by atoms with Crippen LogP contribution in [-0.4, -0.2) is 39.7 Å². The molecule has 0 unspecified atom stereocenters. The van der Waals surface area contributed by atoms with Gasteiger partial charge in [-0.1, -0.05) is 39.0 Å². The van der Waals surface area contributed by atoms with Crippen molar-refractivity contribution in [3.05, 3.63) is 46.1 Å². The SMILES string of the molecule is CC(C)(C)CC(=O)NC1CCC(CNc2nc(NCc3ccccc3OC(F)(F)F)ncc2[N+](=O)[O-])CC1. The normalized spacial score (nSPS) is 17.9. The third-order valence-corrected chi connectivity index (χ3v) is 6.06. The maximum Gasteiger partial charge on any atom is 0.573 e. The fraction of sp³-hybridized carbons (Fsp3) is 0.560. The second kappa shape index (κ2) is 12.3. The molecule has 0 bridgehead atoms. The first-order chi connectivity index (χ1) is 17.8. The molecule has 0 spiro atoms. The van der Waals surface area contributed by atoms with Gasteiger partial charge in [-0.2, -0.15) is 4.98 Å². The van der Waals surface area contributed by atoms with Crippen LogP contribution < -0.4 is 20.7 Å². The Morgan fingerprint density at radius 3 is 2.45 bits per heavy atom. The minimum atomic E-state index is -4.84. The van der Waals surface area contributed by atoms with Gasteiger partial charge >= 0.3 is 12.0 Å². The first-order valence-electron chi connectivity index (χ1n) is 12.4. The molecule has 0 atom stereocenters. The summed E-state index contributed by atoms with van der Waals surface area (Å²) in [6, 6.07) is 5.76. The van der Waals surface area contributed by atoms with E-state index in [2.05, 4.69) is 30.7 Å². The lowest BCUT2D eigenvalue weighted by atomic mass is 9.85. The van der Waals surface area contributed by atoms with Crippen LogP contribution >= 0.6 is 0 Å². The number of ether oxygens (including phenoxy) is 1. The summed E-state index contributed by atoms with van der Waals surface area (Å²) in [6.45, 7) is 6.41. The number of carbonyl (C=O) groups is 1. The average Bonchev–Trinajstić information content (AvgIpc) is 2.81. The third-order valence-electron chi connectivity index (χ3n) is 6.06. The zero-order valence-electron chi connectivity index (χ0n) is 21.6. The van der Waals surface area contributed by atoms with Gasteiger partial charge in [0.1, 0.15) is 11.9 Å². The van der Waals surface area contributed by atoms with Crippen LogP contribution in [0.15, 0.2) is 30.5 Å². The second-order valence-corrected chi connectivity index (χ2v) is 10.6. The Kier molecular flexibility index (Phi) is 9.34. The van der Waals surface area contributed by atoms with Gasteiger partial charge in [-0.05, 0) is 43.1 Å². The van der Waals surface area contributed by atoms with E-state index in [1.807, 2.05) is 20.8 Å². The first-order valence-corrected chi connectivity index (χ1v) is 12.4. The number of benzene rings is 1. The third kappa shape index (κ3) is 9.34. The molecule has 3 N–H and O–H groups in total. The molecule has 1 heterocycles. The average molecular weight is 539 g/mol. The number of rotatable bonds is 10. The second-order valence-electron chi connectivity index (χ2n) is 10.6. The number of nitrogens with one attached hydrogen (secondary N) is 3. The number of hydrogen-bond acceptors (Lipinski definition) is 8. The molecule has 208 valence electrons. The summed E-state index contributed by atoms with van der Waals surface area (Å²) in [5, 5.41) is 20.4. The van der Waals surface area contributed by atoms with E-state index in [0.717, 1.165) is 31.9 Å². The molecule has 2 aromatic rings. The molecule has 1 fully saturated rings. The van der Waals surface area contributed by atoms with E-state index in [0.29, 0.717) is 13.0 Å². The van der Waals surface area contributed by atoms with Crippen molar-refractivity contribution < 1.29 is 27.6 Å². The van der Waals surface area contributed by atoms with E-state index in [9.17, 15) is 28.1 Å². The van der Waals surface area contributed by atoms with E-state index >= 15 is 0 Å². The lowest BCUT2D eigenvalue weighted by Crippen LogP contribution is -2.39. The molecule has 1 amide bonds. The molecule has 3 rings (SSSR count). The molecule has 0 aliphatic heterocycles. The van der Waals surface area contributed by atoms with Crippen molar-refractivity contribution in [3.8, 4) is 5.75 Å². The molecule has 0 radical (unpaired) electrons. The number of nitro groups is 1. The maximum atomic E-state index is 12.7. The Balaban J connectivity index is 1.57. The monoisotopic (exact) mass is 538 g/mol. The number of halogens is 3. The zero-order valence-corrected chi connectivity index (χ0v) is 21.6. The van der Waals surface area contributed by atoms with Gasteiger partial charge in [0.15, 0.2) is 0 Å². The quantitative estimate of drug-likeness (QED) is 0.270. The minimum absolute atomic E-state index is 0.0187. The summed E-state index contributed by atoms with van der Waals surface area (Å²) in [4.78, 5) is 31.2. The van der Waals surface area contributed by atoms with E-state index in [1.54, 1.807) is 6.07 Å². The molecule has 1 aliphatic carbocycles. The lowest BCUT2D eigenvalue weighted by molar-refractivity contribution is -0.384. The summed E-state index contributed by atoms with van der Waals surface area (Å²) < 4.78 is 42.1. The highest BCUT2D eigenvalue weighted by atomic mass is 19.4. The van der Waals surface area contributed by atoms with Gasteiger partial charge in [-0.3, -0.25) is 14.9 Å². The van der Waals surface area contributed by atoms with E-state index < -0.39 is 11.3 Å². The minimum Gasteiger partial charge on any atom is -0.405 e. The van der Waals surface area contributed by atoms with Gasteiger partial charge in [0.05, 0.1) is 4.92 Å². The number of nitrogens with zero attached hydrogens (tertiary/aromatic N) is 3. The Labute approximate surface area is 218 Å². The van der Waals surface area contributed by atoms with Crippen LogP contribution in [0.25, 0.3) is 0 Å².